The van der Waals surface area contributed by atoms with Gasteiger partial charge in [0.1, 0.15) is 0 Å². The average Bonchev–Trinajstić information content (AvgIpc) is 3.33. The van der Waals surface area contributed by atoms with Crippen LogP contribution < -0.4 is 0 Å². The summed E-state index contributed by atoms with van der Waals surface area (Å²) in [5.41, 5.74) is 1.34. The van der Waals surface area contributed by atoms with Gasteiger partial charge in [0, 0.05) is 44.3 Å². The number of nitrogens with zero attached hydrogens (tertiary/aromatic N) is 5. The minimum absolute atomic E-state index is 0.206. The van der Waals surface area contributed by atoms with E-state index in [0.29, 0.717) is 25.0 Å². The van der Waals surface area contributed by atoms with Crippen molar-refractivity contribution in [2.45, 2.75) is 45.3 Å². The summed E-state index contributed by atoms with van der Waals surface area (Å²) in [7, 11) is 0. The van der Waals surface area contributed by atoms with Crippen LogP contribution in [0.15, 0.2) is 42.7 Å². The van der Waals surface area contributed by atoms with Crippen molar-refractivity contribution in [3.8, 4) is 0 Å². The maximum Gasteiger partial charge on any atom is 0.224 e. The first-order chi connectivity index (χ1) is 12.2. The Morgan fingerprint density at radius 1 is 1.36 bits per heavy atom. The van der Waals surface area contributed by atoms with Gasteiger partial charge in [-0.25, -0.2) is 0 Å². The van der Waals surface area contributed by atoms with Crippen LogP contribution in [-0.2, 0) is 11.3 Å². The number of rotatable bonds is 7. The molecule has 1 aromatic heterocycles. The Morgan fingerprint density at radius 2 is 2.16 bits per heavy atom. The number of aryl methyl sites for hydroxylation is 1. The van der Waals surface area contributed by atoms with Gasteiger partial charge in [-0.05, 0) is 25.8 Å². The second-order valence-corrected chi connectivity index (χ2v) is 6.62. The fourth-order valence-corrected chi connectivity index (χ4v) is 3.66. The van der Waals surface area contributed by atoms with Gasteiger partial charge in [-0.3, -0.25) is 14.4 Å². The van der Waals surface area contributed by atoms with E-state index in [1.807, 2.05) is 4.90 Å². The van der Waals surface area contributed by atoms with Crippen LogP contribution in [0.1, 0.15) is 38.3 Å². The minimum Gasteiger partial charge on any atom is -0.339 e. The molecular weight excluding hydrogens is 314 g/mol. The number of hydrogen-bond acceptors (Lipinski definition) is 4. The molecule has 6 heteroatoms. The number of carbonyl (C=O) groups is 1. The molecule has 1 amide bonds. The van der Waals surface area contributed by atoms with E-state index in [2.05, 4.69) is 59.4 Å². The van der Waals surface area contributed by atoms with Crippen molar-refractivity contribution in [1.29, 1.82) is 0 Å². The number of amides is 1. The van der Waals surface area contributed by atoms with Gasteiger partial charge in [0.2, 0.25) is 5.91 Å². The van der Waals surface area contributed by atoms with E-state index >= 15 is 0 Å². The van der Waals surface area contributed by atoms with E-state index in [9.17, 15) is 4.79 Å². The van der Waals surface area contributed by atoms with Crippen LogP contribution in [-0.4, -0.2) is 56.4 Å². The van der Waals surface area contributed by atoms with Crippen LogP contribution in [0, 0.1) is 0 Å². The lowest BCUT2D eigenvalue weighted by Crippen LogP contribution is -2.42. The van der Waals surface area contributed by atoms with E-state index in [0.717, 1.165) is 26.1 Å². The molecule has 1 fully saturated rings. The summed E-state index contributed by atoms with van der Waals surface area (Å²) in [6, 6.07) is 11.3. The summed E-state index contributed by atoms with van der Waals surface area (Å²) < 4.78 is 1.71. The van der Waals surface area contributed by atoms with E-state index in [4.69, 9.17) is 0 Å². The summed E-state index contributed by atoms with van der Waals surface area (Å²) in [4.78, 5) is 17.2. The van der Waals surface area contributed by atoms with Gasteiger partial charge in [-0.15, -0.1) is 5.10 Å². The summed E-state index contributed by atoms with van der Waals surface area (Å²) in [6.45, 7) is 7.64. The molecule has 1 saturated heterocycles. The highest BCUT2D eigenvalue weighted by atomic mass is 16.2. The molecule has 0 N–H and O–H groups in total. The second-order valence-electron chi connectivity index (χ2n) is 6.62. The van der Waals surface area contributed by atoms with E-state index in [1.165, 1.54) is 5.56 Å². The Bertz CT molecular complexity index is 658. The molecule has 1 aliphatic rings. The molecule has 0 unspecified atom stereocenters. The molecule has 0 aliphatic carbocycles. The van der Waals surface area contributed by atoms with Gasteiger partial charge in [-0.2, -0.15) is 0 Å². The lowest BCUT2D eigenvalue weighted by Gasteiger charge is -2.30. The molecule has 0 bridgehead atoms. The third kappa shape index (κ3) is 4.25. The van der Waals surface area contributed by atoms with Crippen molar-refractivity contribution >= 4 is 5.91 Å². The molecule has 1 aromatic carbocycles. The van der Waals surface area contributed by atoms with E-state index < -0.39 is 0 Å². The Balaban J connectivity index is 1.56. The number of aromatic nitrogens is 3. The minimum atomic E-state index is 0.206. The standard InChI is InChI=1S/C19H27N5O/c1-3-24(19(25)10-13-23-14-11-20-21-23)18-9-12-22(15-18)16(2)17-7-5-4-6-8-17/h4-8,11,14,16,18H,3,9-10,12-13,15H2,1-2H3/t16-,18-/m1/s1. The highest BCUT2D eigenvalue weighted by molar-refractivity contribution is 5.76. The summed E-state index contributed by atoms with van der Waals surface area (Å²) in [5, 5.41) is 7.71. The van der Waals surface area contributed by atoms with Gasteiger partial charge in [-0.1, -0.05) is 35.5 Å². The lowest BCUT2D eigenvalue weighted by molar-refractivity contribution is -0.133. The van der Waals surface area contributed by atoms with Crippen LogP contribution >= 0.6 is 0 Å². The first-order valence-electron chi connectivity index (χ1n) is 9.11. The number of benzene rings is 1. The molecule has 0 radical (unpaired) electrons. The van der Waals surface area contributed by atoms with E-state index in [-0.39, 0.29) is 5.91 Å². The van der Waals surface area contributed by atoms with Crippen LogP contribution in [0.3, 0.4) is 0 Å². The van der Waals surface area contributed by atoms with Crippen molar-refractivity contribution in [2.75, 3.05) is 19.6 Å². The monoisotopic (exact) mass is 341 g/mol. The quantitative estimate of drug-likeness (QED) is 0.776. The van der Waals surface area contributed by atoms with Crippen molar-refractivity contribution in [3.63, 3.8) is 0 Å². The highest BCUT2D eigenvalue weighted by Crippen LogP contribution is 2.26. The fourth-order valence-electron chi connectivity index (χ4n) is 3.66. The third-order valence-corrected chi connectivity index (χ3v) is 5.15. The van der Waals surface area contributed by atoms with Crippen molar-refractivity contribution in [2.24, 2.45) is 0 Å². The molecule has 2 heterocycles. The largest absolute Gasteiger partial charge is 0.339 e. The van der Waals surface area contributed by atoms with Crippen LogP contribution in [0.25, 0.3) is 0 Å². The van der Waals surface area contributed by atoms with Crippen molar-refractivity contribution in [1.82, 2.24) is 24.8 Å². The summed E-state index contributed by atoms with van der Waals surface area (Å²) in [6.07, 6.45) is 4.95. The molecular formula is C19H27N5O. The van der Waals surface area contributed by atoms with Crippen molar-refractivity contribution < 1.29 is 4.79 Å². The topological polar surface area (TPSA) is 54.3 Å². The number of likely N-dealkylation sites (tertiary alicyclic amines) is 1. The zero-order chi connectivity index (χ0) is 17.6. The Morgan fingerprint density at radius 3 is 2.84 bits per heavy atom. The predicted octanol–water partition coefficient (Wildman–Crippen LogP) is 2.35. The number of likely N-dealkylation sites (N-methyl/N-ethyl adjacent to an activating group) is 1. The van der Waals surface area contributed by atoms with Crippen LogP contribution in [0.4, 0.5) is 0 Å². The molecule has 2 aromatic rings. The highest BCUT2D eigenvalue weighted by Gasteiger charge is 2.32. The Hall–Kier alpha value is -2.21. The van der Waals surface area contributed by atoms with E-state index in [1.54, 1.807) is 17.1 Å². The average molecular weight is 341 g/mol. The van der Waals surface area contributed by atoms with Crippen molar-refractivity contribution in [3.05, 3.63) is 48.3 Å². The van der Waals surface area contributed by atoms with Gasteiger partial charge < -0.3 is 4.90 Å². The fraction of sp³-hybridized carbons (Fsp3) is 0.526. The normalized spacial score (nSPS) is 19.0. The predicted molar refractivity (Wildman–Crippen MR) is 96.9 cm³/mol. The lowest BCUT2D eigenvalue weighted by atomic mass is 10.1. The van der Waals surface area contributed by atoms with Gasteiger partial charge in [0.15, 0.2) is 0 Å². The molecule has 0 spiro atoms. The maximum atomic E-state index is 12.6. The summed E-state index contributed by atoms with van der Waals surface area (Å²) >= 11 is 0. The summed E-state index contributed by atoms with van der Waals surface area (Å²) in [5.74, 6) is 0.206. The Kier molecular flexibility index (Phi) is 5.81. The maximum absolute atomic E-state index is 12.6. The number of hydrogen-bond donors (Lipinski definition) is 0. The van der Waals surface area contributed by atoms with Crippen LogP contribution in [0.2, 0.25) is 0 Å². The SMILES string of the molecule is CCN(C(=O)CCn1ccnn1)[C@@H]1CCN([C@H](C)c2ccccc2)C1. The zero-order valence-corrected chi connectivity index (χ0v) is 15.1. The van der Waals surface area contributed by atoms with Gasteiger partial charge in [0.25, 0.3) is 0 Å². The molecule has 134 valence electrons. The molecule has 6 nitrogen and oxygen atoms in total. The van der Waals surface area contributed by atoms with Gasteiger partial charge in [0.05, 0.1) is 12.7 Å². The zero-order valence-electron chi connectivity index (χ0n) is 15.1. The van der Waals surface area contributed by atoms with Gasteiger partial charge >= 0.3 is 0 Å². The second kappa shape index (κ2) is 8.25. The third-order valence-electron chi connectivity index (χ3n) is 5.15. The molecule has 0 saturated carbocycles. The first kappa shape index (κ1) is 17.6. The first-order valence-corrected chi connectivity index (χ1v) is 9.11. The molecule has 3 rings (SSSR count). The molecule has 1 aliphatic heterocycles. The molecule has 2 atom stereocenters. The number of carbonyl (C=O) groups excluding carboxylic acids is 1. The molecule has 25 heavy (non-hydrogen) atoms. The smallest absolute Gasteiger partial charge is 0.224 e. The Labute approximate surface area is 149 Å². The van der Waals surface area contributed by atoms with Crippen LogP contribution in [0.5, 0.6) is 0 Å².